The van der Waals surface area contributed by atoms with Crippen molar-refractivity contribution in [1.82, 2.24) is 4.31 Å². The second kappa shape index (κ2) is 3.08. The smallest absolute Gasteiger partial charge is 0.222 e. The van der Waals surface area contributed by atoms with E-state index in [1.807, 2.05) is 4.31 Å². The minimum atomic E-state index is -0.519. The minimum absolute atomic E-state index is 0.0131. The molecule has 58 valence electrons. The number of nitrogens with zero attached hydrogens (tertiary/aromatic N) is 1. The second-order valence-electron chi connectivity index (χ2n) is 2.16. The summed E-state index contributed by atoms with van der Waals surface area (Å²) in [6.45, 7) is 1.32. The molecular formula is C4H7N2OS3-. The molecular weight excluding hydrogens is 188 g/mol. The number of rotatable bonds is 2. The van der Waals surface area contributed by atoms with Crippen molar-refractivity contribution in [3.05, 3.63) is 0 Å². The highest BCUT2D eigenvalue weighted by atomic mass is 33.1. The van der Waals surface area contributed by atoms with Crippen molar-refractivity contribution in [2.24, 2.45) is 11.7 Å². The van der Waals surface area contributed by atoms with Gasteiger partial charge in [0.2, 0.25) is 5.91 Å². The third-order valence-corrected chi connectivity index (χ3v) is 3.45. The topological polar surface area (TPSA) is 46.3 Å². The molecule has 1 aliphatic heterocycles. The fourth-order valence-electron chi connectivity index (χ4n) is 0.740. The highest BCUT2D eigenvalue weighted by Gasteiger charge is 2.25. The van der Waals surface area contributed by atoms with Crippen LogP contribution in [0, 0.1) is 5.92 Å². The molecule has 0 aromatic heterocycles. The lowest BCUT2D eigenvalue weighted by atomic mass is 10.0. The number of hydrogen-bond donors (Lipinski definition) is 1. The fraction of sp³-hybridized carbons (Fsp3) is 0.750. The van der Waals surface area contributed by atoms with Crippen LogP contribution in [0.5, 0.6) is 0 Å². The molecule has 6 heteroatoms. The van der Waals surface area contributed by atoms with Gasteiger partial charge in [0.25, 0.3) is 0 Å². The van der Waals surface area contributed by atoms with E-state index in [0.29, 0.717) is 13.1 Å². The molecule has 0 aromatic carbocycles. The minimum Gasteiger partial charge on any atom is -0.381 e. The summed E-state index contributed by atoms with van der Waals surface area (Å²) in [7, 11) is -0.519. The molecule has 0 bridgehead atoms. The Morgan fingerprint density at radius 1 is 1.60 bits per heavy atom. The zero-order valence-corrected chi connectivity index (χ0v) is 7.60. The SMILES string of the molecule is NC(=O)C1CN([S-](=S)=S)C1. The van der Waals surface area contributed by atoms with Crippen molar-refractivity contribution in [3.63, 3.8) is 0 Å². The lowest BCUT2D eigenvalue weighted by molar-refractivity contribution is -0.124. The van der Waals surface area contributed by atoms with Crippen molar-refractivity contribution < 1.29 is 4.79 Å². The van der Waals surface area contributed by atoms with Gasteiger partial charge < -0.3 is 10.0 Å². The van der Waals surface area contributed by atoms with E-state index in [4.69, 9.17) is 28.1 Å². The Balaban J connectivity index is 2.38. The molecule has 0 radical (unpaired) electrons. The number of hydrogen-bond acceptors (Lipinski definition) is 4. The van der Waals surface area contributed by atoms with Crippen molar-refractivity contribution in [3.8, 4) is 0 Å². The van der Waals surface area contributed by atoms with E-state index in [1.54, 1.807) is 0 Å². The van der Waals surface area contributed by atoms with E-state index in [9.17, 15) is 4.79 Å². The average Bonchev–Trinajstić information content (AvgIpc) is 1.56. The highest BCUT2D eigenvalue weighted by molar-refractivity contribution is 8.45. The number of nitrogens with two attached hydrogens (primary N) is 1. The average molecular weight is 195 g/mol. The van der Waals surface area contributed by atoms with Gasteiger partial charge in [0.15, 0.2) is 0 Å². The summed E-state index contributed by atoms with van der Waals surface area (Å²) < 4.78 is 1.89. The van der Waals surface area contributed by atoms with Crippen LogP contribution in [-0.2, 0) is 35.4 Å². The van der Waals surface area contributed by atoms with Gasteiger partial charge in [-0.1, -0.05) is 0 Å². The van der Waals surface area contributed by atoms with Crippen molar-refractivity contribution >= 4 is 36.5 Å². The van der Waals surface area contributed by atoms with E-state index < -0.39 is 8.20 Å². The van der Waals surface area contributed by atoms with E-state index in [1.165, 1.54) is 0 Å². The number of carbonyl (C=O) groups is 1. The van der Waals surface area contributed by atoms with Crippen molar-refractivity contribution in [2.45, 2.75) is 0 Å². The summed E-state index contributed by atoms with van der Waals surface area (Å²) in [5, 5.41) is 0. The summed E-state index contributed by atoms with van der Waals surface area (Å²) in [4.78, 5) is 10.5. The van der Waals surface area contributed by atoms with Crippen LogP contribution in [0.2, 0.25) is 0 Å². The molecule has 0 aliphatic carbocycles. The summed E-state index contributed by atoms with van der Waals surface area (Å²) in [5.74, 6) is -0.257. The maximum atomic E-state index is 10.5. The molecule has 0 saturated carbocycles. The van der Waals surface area contributed by atoms with Crippen LogP contribution in [0.3, 0.4) is 0 Å². The Morgan fingerprint density at radius 2 is 2.10 bits per heavy atom. The Kier molecular flexibility index (Phi) is 2.56. The molecule has 1 amide bonds. The maximum Gasteiger partial charge on any atom is 0.222 e. The van der Waals surface area contributed by atoms with E-state index in [0.717, 1.165) is 0 Å². The van der Waals surface area contributed by atoms with Gasteiger partial charge in [0, 0.05) is 0 Å². The summed E-state index contributed by atoms with van der Waals surface area (Å²) in [6.07, 6.45) is 0. The molecule has 0 atom stereocenters. The lowest BCUT2D eigenvalue weighted by Crippen LogP contribution is -2.51. The van der Waals surface area contributed by atoms with Crippen molar-refractivity contribution in [1.29, 1.82) is 0 Å². The van der Waals surface area contributed by atoms with E-state index >= 15 is 0 Å². The highest BCUT2D eigenvalue weighted by Crippen LogP contribution is 2.13. The van der Waals surface area contributed by atoms with Gasteiger partial charge >= 0.3 is 0 Å². The molecule has 2 N–H and O–H groups in total. The molecule has 3 nitrogen and oxygen atoms in total. The number of amides is 1. The lowest BCUT2D eigenvalue weighted by Gasteiger charge is -2.42. The van der Waals surface area contributed by atoms with Gasteiger partial charge in [-0.25, -0.2) is 22.4 Å². The summed E-state index contributed by atoms with van der Waals surface area (Å²) in [6, 6.07) is 0. The van der Waals surface area contributed by atoms with Crippen LogP contribution in [-0.4, -0.2) is 23.3 Å². The van der Waals surface area contributed by atoms with Crippen LogP contribution >= 0.6 is 0 Å². The van der Waals surface area contributed by atoms with E-state index in [2.05, 4.69) is 0 Å². The first kappa shape index (κ1) is 8.32. The van der Waals surface area contributed by atoms with Gasteiger partial charge in [0.05, 0.1) is 5.92 Å². The Morgan fingerprint density at radius 3 is 2.40 bits per heavy atom. The first-order valence-corrected chi connectivity index (χ1v) is 5.78. The fourth-order valence-corrected chi connectivity index (χ4v) is 2.07. The molecule has 1 rings (SSSR count). The van der Waals surface area contributed by atoms with E-state index in [-0.39, 0.29) is 11.8 Å². The molecule has 0 spiro atoms. The van der Waals surface area contributed by atoms with Gasteiger partial charge in [0.1, 0.15) is 0 Å². The van der Waals surface area contributed by atoms with Crippen LogP contribution < -0.4 is 5.73 Å². The Labute approximate surface area is 70.5 Å². The van der Waals surface area contributed by atoms with Gasteiger partial charge in [-0.3, -0.25) is 13.0 Å². The quantitative estimate of drug-likeness (QED) is 0.566. The predicted molar refractivity (Wildman–Crippen MR) is 46.4 cm³/mol. The first-order valence-electron chi connectivity index (χ1n) is 2.75. The summed E-state index contributed by atoms with van der Waals surface area (Å²) >= 11 is 9.62. The van der Waals surface area contributed by atoms with Gasteiger partial charge in [-0.2, -0.15) is 0 Å². The molecule has 1 fully saturated rings. The third kappa shape index (κ3) is 1.63. The second-order valence-corrected chi connectivity index (χ2v) is 5.64. The van der Waals surface area contributed by atoms with Gasteiger partial charge in [-0.05, 0) is 13.1 Å². The molecule has 1 aliphatic rings. The molecule has 1 saturated heterocycles. The van der Waals surface area contributed by atoms with Crippen LogP contribution in [0.25, 0.3) is 0 Å². The predicted octanol–water partition coefficient (Wildman–Crippen LogP) is -1.14. The number of carbonyl (C=O) groups excluding carboxylic acids is 1. The Bertz CT molecular complexity index is 211. The standard InChI is InChI=1S/C4H7N2OS3/c5-4(7)3-1-6(2-3)10(8)9/h3H,1-2H2,(H2,5,7)/q-1. The first-order chi connectivity index (χ1) is 4.61. The maximum absolute atomic E-state index is 10.5. The zero-order chi connectivity index (χ0) is 7.72. The molecule has 0 unspecified atom stereocenters. The van der Waals surface area contributed by atoms with Crippen molar-refractivity contribution in [2.75, 3.05) is 13.1 Å². The Hall–Kier alpha value is 0.220. The normalized spacial score (nSPS) is 20.9. The van der Waals surface area contributed by atoms with Crippen LogP contribution in [0.1, 0.15) is 0 Å². The largest absolute Gasteiger partial charge is 0.381 e. The number of primary amides is 1. The third-order valence-electron chi connectivity index (χ3n) is 1.46. The zero-order valence-electron chi connectivity index (χ0n) is 5.15. The molecule has 1 heterocycles. The monoisotopic (exact) mass is 195 g/mol. The molecule has 0 aromatic rings. The van der Waals surface area contributed by atoms with Crippen LogP contribution in [0.4, 0.5) is 0 Å². The van der Waals surface area contributed by atoms with Crippen LogP contribution in [0.15, 0.2) is 0 Å². The van der Waals surface area contributed by atoms with Gasteiger partial charge in [-0.15, -0.1) is 0 Å². The summed E-state index contributed by atoms with van der Waals surface area (Å²) in [5.41, 5.74) is 5.03. The molecule has 10 heavy (non-hydrogen) atoms.